The second kappa shape index (κ2) is 8.88. The summed E-state index contributed by atoms with van der Waals surface area (Å²) in [6.07, 6.45) is 0.778. The lowest BCUT2D eigenvalue weighted by Crippen LogP contribution is -2.51. The molecular weight excluding hydrogens is 396 g/mol. The van der Waals surface area contributed by atoms with Gasteiger partial charge in [0.1, 0.15) is 16.4 Å². The highest BCUT2D eigenvalue weighted by Gasteiger charge is 2.41. The normalized spacial score (nSPS) is 22.7. The van der Waals surface area contributed by atoms with Crippen molar-refractivity contribution in [2.75, 3.05) is 0 Å². The number of ether oxygens (including phenoxy) is 2. The number of aliphatic hydroxyl groups excluding tert-OH is 1. The largest absolute Gasteiger partial charge is 0.443 e. The summed E-state index contributed by atoms with van der Waals surface area (Å²) in [6, 6.07) is 2.99. The maximum Gasteiger partial charge on any atom is 0.420 e. The molecule has 0 unspecified atom stereocenters. The summed E-state index contributed by atoms with van der Waals surface area (Å²) in [5.74, 6) is -0.286. The number of carbonyl (C=O) groups excluding carboxylic acids is 2. The number of imide groups is 1. The lowest BCUT2D eigenvalue weighted by atomic mass is 9.79. The number of hydrogen-bond acceptors (Lipinski definition) is 6. The zero-order valence-electron chi connectivity index (χ0n) is 17.9. The topological polar surface area (TPSA) is 89.0 Å². The van der Waals surface area contributed by atoms with Gasteiger partial charge in [0.15, 0.2) is 0 Å². The van der Waals surface area contributed by atoms with Gasteiger partial charge < -0.3 is 14.6 Å². The standard InChI is InChI=1S/C21H31ClN2O5/c1-20(2,3)28-18(26)24(19(27)29-21(4,5)6)14-8-9-16(25)15(11-14)13-7-10-17(22)23-12-13/h7,10,12,14-16,25H,8-9,11H2,1-6H3/t14-,15+,16-/m0/s1. The van der Waals surface area contributed by atoms with Crippen molar-refractivity contribution < 1.29 is 24.2 Å². The molecule has 162 valence electrons. The van der Waals surface area contributed by atoms with Crippen LogP contribution in [0.4, 0.5) is 9.59 Å². The number of nitrogens with zero attached hydrogens (tertiary/aromatic N) is 2. The molecule has 1 fully saturated rings. The van der Waals surface area contributed by atoms with Crippen LogP contribution in [0.5, 0.6) is 0 Å². The van der Waals surface area contributed by atoms with Crippen molar-refractivity contribution in [1.29, 1.82) is 0 Å². The van der Waals surface area contributed by atoms with E-state index in [1.807, 2.05) is 0 Å². The van der Waals surface area contributed by atoms with Crippen molar-refractivity contribution in [1.82, 2.24) is 9.88 Å². The summed E-state index contributed by atoms with van der Waals surface area (Å²) in [7, 11) is 0. The highest BCUT2D eigenvalue weighted by atomic mass is 35.5. The van der Waals surface area contributed by atoms with Crippen LogP contribution in [0.3, 0.4) is 0 Å². The van der Waals surface area contributed by atoms with Gasteiger partial charge >= 0.3 is 12.2 Å². The van der Waals surface area contributed by atoms with Gasteiger partial charge in [0.25, 0.3) is 0 Å². The van der Waals surface area contributed by atoms with E-state index in [1.54, 1.807) is 59.9 Å². The fraction of sp³-hybridized carbons (Fsp3) is 0.667. The fourth-order valence-electron chi connectivity index (χ4n) is 3.33. The minimum absolute atomic E-state index is 0.286. The predicted molar refractivity (Wildman–Crippen MR) is 110 cm³/mol. The first kappa shape index (κ1) is 23.4. The molecule has 7 nitrogen and oxygen atoms in total. The number of aliphatic hydroxyl groups is 1. The van der Waals surface area contributed by atoms with Crippen LogP contribution < -0.4 is 0 Å². The van der Waals surface area contributed by atoms with Crippen molar-refractivity contribution >= 4 is 23.8 Å². The number of hydrogen-bond donors (Lipinski definition) is 1. The van der Waals surface area contributed by atoms with Gasteiger partial charge in [0.05, 0.1) is 6.10 Å². The first-order chi connectivity index (χ1) is 13.3. The van der Waals surface area contributed by atoms with E-state index in [4.69, 9.17) is 21.1 Å². The van der Waals surface area contributed by atoms with E-state index in [-0.39, 0.29) is 5.92 Å². The van der Waals surface area contributed by atoms with Crippen molar-refractivity contribution in [2.24, 2.45) is 0 Å². The smallest absolute Gasteiger partial charge is 0.420 e. The van der Waals surface area contributed by atoms with Crippen LogP contribution in [0.25, 0.3) is 0 Å². The summed E-state index contributed by atoms with van der Waals surface area (Å²) in [4.78, 5) is 30.9. The molecule has 1 N–H and O–H groups in total. The van der Waals surface area contributed by atoms with E-state index in [2.05, 4.69) is 4.98 Å². The Balaban J connectivity index is 2.29. The molecule has 8 heteroatoms. The highest BCUT2D eigenvalue weighted by molar-refractivity contribution is 6.29. The third-order valence-corrected chi connectivity index (χ3v) is 4.73. The van der Waals surface area contributed by atoms with E-state index in [0.29, 0.717) is 24.4 Å². The number of aromatic nitrogens is 1. The highest BCUT2D eigenvalue weighted by Crippen LogP contribution is 2.36. The van der Waals surface area contributed by atoms with E-state index >= 15 is 0 Å². The first-order valence-corrected chi connectivity index (χ1v) is 10.2. The number of rotatable bonds is 2. The molecule has 1 aromatic rings. The predicted octanol–water partition coefficient (Wildman–Crippen LogP) is 4.90. The molecule has 1 aliphatic rings. The van der Waals surface area contributed by atoms with E-state index in [0.717, 1.165) is 10.5 Å². The molecule has 0 radical (unpaired) electrons. The number of pyridine rings is 1. The fourth-order valence-corrected chi connectivity index (χ4v) is 3.44. The monoisotopic (exact) mass is 426 g/mol. The molecule has 1 heterocycles. The van der Waals surface area contributed by atoms with Crippen LogP contribution in [0.2, 0.25) is 5.15 Å². The van der Waals surface area contributed by atoms with Gasteiger partial charge in [-0.2, -0.15) is 0 Å². The van der Waals surface area contributed by atoms with E-state index in [9.17, 15) is 14.7 Å². The molecule has 2 rings (SSSR count). The van der Waals surface area contributed by atoms with Crippen LogP contribution in [-0.2, 0) is 9.47 Å². The average molecular weight is 427 g/mol. The van der Waals surface area contributed by atoms with E-state index in [1.165, 1.54) is 0 Å². The molecule has 2 amide bonds. The summed E-state index contributed by atoms with van der Waals surface area (Å²) in [5, 5.41) is 10.9. The molecule has 0 aliphatic heterocycles. The van der Waals surface area contributed by atoms with Gasteiger partial charge in [-0.15, -0.1) is 0 Å². The Hall–Kier alpha value is -1.86. The number of amides is 2. The Kier molecular flexibility index (Phi) is 7.17. The minimum atomic E-state index is -0.759. The Morgan fingerprint density at radius 3 is 2.07 bits per heavy atom. The molecule has 1 aromatic heterocycles. The van der Waals surface area contributed by atoms with Crippen molar-refractivity contribution in [3.63, 3.8) is 0 Å². The summed E-state index contributed by atoms with van der Waals surface area (Å²) >= 11 is 5.87. The summed E-state index contributed by atoms with van der Waals surface area (Å²) in [6.45, 7) is 10.4. The number of carbonyl (C=O) groups is 2. The van der Waals surface area contributed by atoms with Gasteiger partial charge in [-0.1, -0.05) is 17.7 Å². The molecule has 29 heavy (non-hydrogen) atoms. The zero-order valence-corrected chi connectivity index (χ0v) is 18.7. The van der Waals surface area contributed by atoms with Crippen LogP contribution in [-0.4, -0.2) is 50.5 Å². The zero-order chi connectivity index (χ0) is 22.0. The Bertz CT molecular complexity index is 696. The van der Waals surface area contributed by atoms with Crippen molar-refractivity contribution in [3.8, 4) is 0 Å². The lowest BCUT2D eigenvalue weighted by Gasteiger charge is -2.39. The Labute approximate surface area is 177 Å². The lowest BCUT2D eigenvalue weighted by molar-refractivity contribution is -0.0183. The van der Waals surface area contributed by atoms with Crippen LogP contribution in [0, 0.1) is 0 Å². The van der Waals surface area contributed by atoms with Crippen LogP contribution >= 0.6 is 11.6 Å². The van der Waals surface area contributed by atoms with Gasteiger partial charge in [0, 0.05) is 18.2 Å². The van der Waals surface area contributed by atoms with Crippen LogP contribution in [0.1, 0.15) is 72.3 Å². The molecule has 1 saturated carbocycles. The first-order valence-electron chi connectivity index (χ1n) is 9.81. The minimum Gasteiger partial charge on any atom is -0.443 e. The third-order valence-electron chi connectivity index (χ3n) is 4.51. The molecule has 0 spiro atoms. The Morgan fingerprint density at radius 1 is 1.07 bits per heavy atom. The maximum absolute atomic E-state index is 12.9. The number of halogens is 1. The molecule has 0 saturated heterocycles. The molecule has 3 atom stereocenters. The van der Waals surface area contributed by atoms with Gasteiger partial charge in [-0.3, -0.25) is 0 Å². The maximum atomic E-state index is 12.9. The third kappa shape index (κ3) is 6.85. The summed E-state index contributed by atoms with van der Waals surface area (Å²) < 4.78 is 10.9. The summed E-state index contributed by atoms with van der Waals surface area (Å²) in [5.41, 5.74) is -0.712. The second-order valence-corrected chi connectivity index (χ2v) is 9.77. The van der Waals surface area contributed by atoms with E-state index < -0.39 is 35.5 Å². The van der Waals surface area contributed by atoms with Crippen LogP contribution in [0.15, 0.2) is 18.3 Å². The average Bonchev–Trinajstić information content (AvgIpc) is 2.54. The molecule has 0 bridgehead atoms. The molecular formula is C21H31ClN2O5. The molecule has 0 aromatic carbocycles. The Morgan fingerprint density at radius 2 is 1.62 bits per heavy atom. The molecule has 1 aliphatic carbocycles. The van der Waals surface area contributed by atoms with Gasteiger partial charge in [-0.25, -0.2) is 19.5 Å². The van der Waals surface area contributed by atoms with Gasteiger partial charge in [0.2, 0.25) is 0 Å². The van der Waals surface area contributed by atoms with Gasteiger partial charge in [-0.05, 0) is 72.4 Å². The SMILES string of the molecule is CC(C)(C)OC(=O)N(C(=O)OC(C)(C)C)[C@H]1CC[C@H](O)[C@@H](c2ccc(Cl)nc2)C1. The quantitative estimate of drug-likeness (QED) is 0.676. The van der Waals surface area contributed by atoms with Crippen molar-refractivity contribution in [3.05, 3.63) is 29.0 Å². The van der Waals surface area contributed by atoms with Crippen molar-refractivity contribution in [2.45, 2.75) is 90.1 Å². The second-order valence-electron chi connectivity index (χ2n) is 9.39.